The molecule has 0 unspecified atom stereocenters. The SMILES string of the molecule is CC(C)(C)OC(=O)N1CC[C@H](Sc2cccc(Br)n2)C1. The Morgan fingerprint density at radius 1 is 1.50 bits per heavy atom. The molecule has 6 heteroatoms. The summed E-state index contributed by atoms with van der Waals surface area (Å²) in [6.07, 6.45) is 0.751. The summed E-state index contributed by atoms with van der Waals surface area (Å²) >= 11 is 5.08. The molecule has 2 rings (SSSR count). The van der Waals surface area contributed by atoms with Gasteiger partial charge in [0, 0.05) is 18.3 Å². The van der Waals surface area contributed by atoms with Gasteiger partial charge in [-0.15, -0.1) is 11.8 Å². The molecule has 20 heavy (non-hydrogen) atoms. The monoisotopic (exact) mass is 358 g/mol. The standard InChI is InChI=1S/C14H19BrN2O2S/c1-14(2,3)19-13(18)17-8-7-10(9-17)20-12-6-4-5-11(15)16-12/h4-6,10H,7-9H2,1-3H3/t10-/m0/s1. The van der Waals surface area contributed by atoms with Crippen molar-refractivity contribution in [2.75, 3.05) is 13.1 Å². The Bertz CT molecular complexity index is 490. The first-order chi connectivity index (χ1) is 9.33. The number of aromatic nitrogens is 1. The van der Waals surface area contributed by atoms with E-state index in [-0.39, 0.29) is 6.09 Å². The van der Waals surface area contributed by atoms with E-state index in [1.807, 2.05) is 39.0 Å². The van der Waals surface area contributed by atoms with Crippen LogP contribution < -0.4 is 0 Å². The number of amides is 1. The molecular weight excluding hydrogens is 340 g/mol. The molecule has 0 aromatic carbocycles. The summed E-state index contributed by atoms with van der Waals surface area (Å²) in [5.74, 6) is 0. The van der Waals surface area contributed by atoms with Crippen molar-refractivity contribution in [1.29, 1.82) is 0 Å². The molecule has 1 amide bonds. The molecule has 1 saturated heterocycles. The lowest BCUT2D eigenvalue weighted by molar-refractivity contribution is 0.0295. The number of pyridine rings is 1. The molecule has 1 aromatic rings. The number of hydrogen-bond donors (Lipinski definition) is 0. The minimum absolute atomic E-state index is 0.220. The Balaban J connectivity index is 1.88. The lowest BCUT2D eigenvalue weighted by Gasteiger charge is -2.24. The van der Waals surface area contributed by atoms with Crippen LogP contribution in [0.1, 0.15) is 27.2 Å². The van der Waals surface area contributed by atoms with E-state index < -0.39 is 5.60 Å². The van der Waals surface area contributed by atoms with Crippen molar-refractivity contribution in [2.24, 2.45) is 0 Å². The molecule has 0 N–H and O–H groups in total. The van der Waals surface area contributed by atoms with Crippen LogP contribution in [0.3, 0.4) is 0 Å². The van der Waals surface area contributed by atoms with Crippen LogP contribution in [0.25, 0.3) is 0 Å². The highest BCUT2D eigenvalue weighted by Crippen LogP contribution is 2.29. The molecule has 2 heterocycles. The van der Waals surface area contributed by atoms with E-state index in [9.17, 15) is 4.79 Å². The second kappa shape index (κ2) is 6.35. The van der Waals surface area contributed by atoms with Crippen LogP contribution in [0.15, 0.2) is 27.8 Å². The summed E-state index contributed by atoms with van der Waals surface area (Å²) < 4.78 is 6.23. The first kappa shape index (κ1) is 15.6. The zero-order valence-corrected chi connectivity index (χ0v) is 14.3. The molecule has 0 saturated carbocycles. The zero-order chi connectivity index (χ0) is 14.8. The fourth-order valence-corrected chi connectivity index (χ4v) is 3.53. The van der Waals surface area contributed by atoms with Crippen LogP contribution >= 0.6 is 27.7 Å². The van der Waals surface area contributed by atoms with E-state index in [2.05, 4.69) is 20.9 Å². The van der Waals surface area contributed by atoms with Crippen LogP contribution in [0, 0.1) is 0 Å². The number of carbonyl (C=O) groups is 1. The third-order valence-corrected chi connectivity index (χ3v) is 4.40. The predicted octanol–water partition coefficient (Wildman–Crippen LogP) is 3.95. The van der Waals surface area contributed by atoms with Crippen LogP contribution in [-0.2, 0) is 4.74 Å². The molecule has 1 aromatic heterocycles. The summed E-state index contributed by atoms with van der Waals surface area (Å²) in [6, 6.07) is 5.87. The fourth-order valence-electron chi connectivity index (χ4n) is 1.94. The predicted molar refractivity (Wildman–Crippen MR) is 84.0 cm³/mol. The topological polar surface area (TPSA) is 42.4 Å². The molecule has 1 atom stereocenters. The highest BCUT2D eigenvalue weighted by atomic mass is 79.9. The second-order valence-electron chi connectivity index (χ2n) is 5.75. The van der Waals surface area contributed by atoms with Gasteiger partial charge in [-0.1, -0.05) is 6.07 Å². The Hall–Kier alpha value is -0.750. The molecule has 0 bridgehead atoms. The fraction of sp³-hybridized carbons (Fsp3) is 0.571. The van der Waals surface area contributed by atoms with Gasteiger partial charge >= 0.3 is 6.09 Å². The number of ether oxygens (including phenoxy) is 1. The minimum Gasteiger partial charge on any atom is -0.444 e. The first-order valence-electron chi connectivity index (χ1n) is 6.60. The number of rotatable bonds is 2. The van der Waals surface area contributed by atoms with Crippen molar-refractivity contribution < 1.29 is 9.53 Å². The molecule has 0 radical (unpaired) electrons. The highest BCUT2D eigenvalue weighted by Gasteiger charge is 2.30. The average Bonchev–Trinajstić information content (AvgIpc) is 2.75. The van der Waals surface area contributed by atoms with E-state index in [1.165, 1.54) is 0 Å². The van der Waals surface area contributed by atoms with Gasteiger partial charge in [-0.05, 0) is 55.3 Å². The number of halogens is 1. The Labute approximate surface area is 132 Å². The van der Waals surface area contributed by atoms with Gasteiger partial charge in [0.05, 0.1) is 5.03 Å². The van der Waals surface area contributed by atoms with Crippen molar-refractivity contribution in [3.05, 3.63) is 22.8 Å². The molecular formula is C14H19BrN2O2S. The van der Waals surface area contributed by atoms with Crippen LogP contribution in [-0.4, -0.2) is 39.9 Å². The summed E-state index contributed by atoms with van der Waals surface area (Å²) in [6.45, 7) is 7.13. The van der Waals surface area contributed by atoms with Gasteiger partial charge in [0.2, 0.25) is 0 Å². The zero-order valence-electron chi connectivity index (χ0n) is 11.9. The number of thioether (sulfide) groups is 1. The second-order valence-corrected chi connectivity index (χ2v) is 7.89. The van der Waals surface area contributed by atoms with Gasteiger partial charge in [0.1, 0.15) is 10.2 Å². The number of hydrogen-bond acceptors (Lipinski definition) is 4. The Morgan fingerprint density at radius 3 is 2.90 bits per heavy atom. The Kier molecular flexibility index (Phi) is 4.96. The third kappa shape index (κ3) is 4.66. The average molecular weight is 359 g/mol. The maximum absolute atomic E-state index is 12.0. The molecule has 0 aliphatic carbocycles. The first-order valence-corrected chi connectivity index (χ1v) is 8.28. The quantitative estimate of drug-likeness (QED) is 0.750. The highest BCUT2D eigenvalue weighted by molar-refractivity contribution is 9.10. The maximum atomic E-state index is 12.0. The van der Waals surface area contributed by atoms with Gasteiger partial charge in [0.15, 0.2) is 0 Å². The summed E-state index contributed by atoms with van der Waals surface area (Å²) in [4.78, 5) is 18.2. The molecule has 1 aliphatic heterocycles. The maximum Gasteiger partial charge on any atom is 0.410 e. The van der Waals surface area contributed by atoms with Gasteiger partial charge in [0.25, 0.3) is 0 Å². The summed E-state index contributed by atoms with van der Waals surface area (Å²) in [7, 11) is 0. The normalized spacial score (nSPS) is 19.2. The molecule has 110 valence electrons. The molecule has 0 spiro atoms. The van der Waals surface area contributed by atoms with Gasteiger partial charge < -0.3 is 9.64 Å². The lowest BCUT2D eigenvalue weighted by Crippen LogP contribution is -2.35. The summed E-state index contributed by atoms with van der Waals surface area (Å²) in [5, 5.41) is 1.36. The number of carbonyl (C=O) groups excluding carboxylic acids is 1. The van der Waals surface area contributed by atoms with Crippen LogP contribution in [0.2, 0.25) is 0 Å². The third-order valence-electron chi connectivity index (χ3n) is 2.77. The van der Waals surface area contributed by atoms with E-state index in [0.29, 0.717) is 11.8 Å². The number of nitrogens with zero attached hydrogens (tertiary/aromatic N) is 2. The van der Waals surface area contributed by atoms with Crippen LogP contribution in [0.5, 0.6) is 0 Å². The molecule has 1 aliphatic rings. The van der Waals surface area contributed by atoms with Crippen LogP contribution in [0.4, 0.5) is 4.79 Å². The minimum atomic E-state index is -0.436. The van der Waals surface area contributed by atoms with Crippen molar-refractivity contribution in [3.8, 4) is 0 Å². The number of likely N-dealkylation sites (tertiary alicyclic amines) is 1. The van der Waals surface area contributed by atoms with Gasteiger partial charge in [-0.25, -0.2) is 9.78 Å². The lowest BCUT2D eigenvalue weighted by atomic mass is 10.2. The molecule has 4 nitrogen and oxygen atoms in total. The molecule has 1 fully saturated rings. The summed E-state index contributed by atoms with van der Waals surface area (Å²) in [5.41, 5.74) is -0.436. The van der Waals surface area contributed by atoms with Gasteiger partial charge in [-0.3, -0.25) is 0 Å². The van der Waals surface area contributed by atoms with Gasteiger partial charge in [-0.2, -0.15) is 0 Å². The largest absolute Gasteiger partial charge is 0.444 e. The Morgan fingerprint density at radius 2 is 2.25 bits per heavy atom. The van der Waals surface area contributed by atoms with Crippen molar-refractivity contribution in [3.63, 3.8) is 0 Å². The van der Waals surface area contributed by atoms with E-state index in [1.54, 1.807) is 16.7 Å². The van der Waals surface area contributed by atoms with E-state index in [4.69, 9.17) is 4.74 Å². The van der Waals surface area contributed by atoms with E-state index in [0.717, 1.165) is 22.6 Å². The van der Waals surface area contributed by atoms with Crippen molar-refractivity contribution >= 4 is 33.8 Å². The smallest absolute Gasteiger partial charge is 0.410 e. The van der Waals surface area contributed by atoms with Crippen molar-refractivity contribution in [2.45, 2.75) is 43.1 Å². The van der Waals surface area contributed by atoms with E-state index >= 15 is 0 Å². The van der Waals surface area contributed by atoms with Crippen molar-refractivity contribution in [1.82, 2.24) is 9.88 Å².